The topological polar surface area (TPSA) is 147 Å². The van der Waals surface area contributed by atoms with Gasteiger partial charge in [0.25, 0.3) is 0 Å². The van der Waals surface area contributed by atoms with E-state index in [4.69, 9.17) is 28.7 Å². The molecule has 0 amide bonds. The van der Waals surface area contributed by atoms with E-state index in [0.29, 0.717) is 63.1 Å². The van der Waals surface area contributed by atoms with E-state index in [1.165, 1.54) is 12.1 Å². The highest BCUT2D eigenvalue weighted by molar-refractivity contribution is 6.03. The van der Waals surface area contributed by atoms with Gasteiger partial charge in [0.05, 0.1) is 56.3 Å². The summed E-state index contributed by atoms with van der Waals surface area (Å²) in [5.74, 6) is -2.08. The van der Waals surface area contributed by atoms with Crippen molar-refractivity contribution in [3.8, 4) is 11.5 Å². The van der Waals surface area contributed by atoms with Crippen LogP contribution in [0.4, 0.5) is 0 Å². The van der Waals surface area contributed by atoms with Crippen molar-refractivity contribution in [2.45, 2.75) is 33.3 Å². The molecule has 258 valence electrons. The summed E-state index contributed by atoms with van der Waals surface area (Å²) < 4.78 is 22.3. The fraction of sp³-hybridized carbons (Fsp3) is 0.289. The molecule has 0 aliphatic heterocycles. The Kier molecular flexibility index (Phi) is 14.3. The predicted octanol–water partition coefficient (Wildman–Crippen LogP) is 6.26. The van der Waals surface area contributed by atoms with Crippen LogP contribution in [0.2, 0.25) is 0 Å². The second kappa shape index (κ2) is 19.1. The molecule has 4 rings (SSSR count). The molecule has 0 heterocycles. The molecule has 0 aromatic heterocycles. The zero-order chi connectivity index (χ0) is 35.0. The van der Waals surface area contributed by atoms with Gasteiger partial charge in [-0.25, -0.2) is 14.4 Å². The number of carboxylic acid groups (broad SMARTS) is 2. The molecule has 0 aliphatic carbocycles. The maximum atomic E-state index is 12.6. The first-order chi connectivity index (χ1) is 23.7. The molecule has 11 nitrogen and oxygen atoms in total. The van der Waals surface area contributed by atoms with Crippen LogP contribution in [0.25, 0.3) is 0 Å². The monoisotopic (exact) mass is 672 g/mol. The summed E-state index contributed by atoms with van der Waals surface area (Å²) in [5.41, 5.74) is 4.40. The number of esters is 1. The van der Waals surface area contributed by atoms with E-state index >= 15 is 0 Å². The number of ether oxygens (including phenoxy) is 4. The fourth-order valence-electron chi connectivity index (χ4n) is 4.74. The van der Waals surface area contributed by atoms with Gasteiger partial charge in [-0.15, -0.1) is 0 Å². The first kappa shape index (κ1) is 36.8. The average Bonchev–Trinajstić information content (AvgIpc) is 3.08. The minimum atomic E-state index is -1.19. The van der Waals surface area contributed by atoms with Crippen LogP contribution in [0.1, 0.15) is 58.9 Å². The number of benzene rings is 4. The number of hydrogen-bond donors (Lipinski definition) is 2. The SMILES string of the molecule is Cc1ccc(C(=O)O)c(COOc2ccc(CCOCCOCCOCCc3ccc(OC(=O)c4cc(C)ccc4C(=O)O)cc3)cc2)c1. The zero-order valence-corrected chi connectivity index (χ0v) is 27.5. The van der Waals surface area contributed by atoms with Gasteiger partial charge in [-0.3, -0.25) is 0 Å². The van der Waals surface area contributed by atoms with Crippen LogP contribution in [0.15, 0.2) is 84.9 Å². The first-order valence-electron chi connectivity index (χ1n) is 15.8. The Hall–Kier alpha value is -5.07. The van der Waals surface area contributed by atoms with E-state index < -0.39 is 17.9 Å². The van der Waals surface area contributed by atoms with Gasteiger partial charge < -0.3 is 34.0 Å². The Balaban J connectivity index is 1.01. The third-order valence-corrected chi connectivity index (χ3v) is 7.36. The lowest BCUT2D eigenvalue weighted by Gasteiger charge is -2.10. The van der Waals surface area contributed by atoms with Crippen molar-refractivity contribution in [3.05, 3.63) is 129 Å². The number of hydrogen-bond acceptors (Lipinski definition) is 9. The van der Waals surface area contributed by atoms with E-state index in [9.17, 15) is 24.6 Å². The molecule has 4 aromatic carbocycles. The second-order valence-corrected chi connectivity index (χ2v) is 11.2. The smallest absolute Gasteiger partial charge is 0.344 e. The summed E-state index contributed by atoms with van der Waals surface area (Å²) in [5, 5.41) is 18.7. The van der Waals surface area contributed by atoms with Gasteiger partial charge in [0.2, 0.25) is 0 Å². The van der Waals surface area contributed by atoms with Gasteiger partial charge >= 0.3 is 17.9 Å². The highest BCUT2D eigenvalue weighted by Crippen LogP contribution is 2.19. The molecule has 0 bridgehead atoms. The maximum absolute atomic E-state index is 12.6. The molecule has 49 heavy (non-hydrogen) atoms. The molecule has 0 radical (unpaired) electrons. The fourth-order valence-corrected chi connectivity index (χ4v) is 4.74. The molecule has 0 aliphatic rings. The number of carboxylic acids is 2. The van der Waals surface area contributed by atoms with Crippen LogP contribution in [-0.2, 0) is 38.5 Å². The van der Waals surface area contributed by atoms with E-state index in [1.54, 1.807) is 55.5 Å². The zero-order valence-electron chi connectivity index (χ0n) is 27.5. The van der Waals surface area contributed by atoms with Crippen LogP contribution in [-0.4, -0.2) is 67.8 Å². The Morgan fingerprint density at radius 3 is 1.59 bits per heavy atom. The summed E-state index contributed by atoms with van der Waals surface area (Å²) in [7, 11) is 0. The molecule has 0 saturated carbocycles. The van der Waals surface area contributed by atoms with Crippen molar-refractivity contribution in [1.29, 1.82) is 0 Å². The quantitative estimate of drug-likeness (QED) is 0.0360. The number of rotatable bonds is 20. The van der Waals surface area contributed by atoms with Crippen molar-refractivity contribution in [1.82, 2.24) is 0 Å². The molecule has 0 spiro atoms. The molecule has 4 aromatic rings. The molecule has 2 N–H and O–H groups in total. The van der Waals surface area contributed by atoms with Crippen LogP contribution in [0.3, 0.4) is 0 Å². The lowest BCUT2D eigenvalue weighted by atomic mass is 10.0. The van der Waals surface area contributed by atoms with E-state index in [0.717, 1.165) is 28.7 Å². The van der Waals surface area contributed by atoms with Crippen molar-refractivity contribution in [2.75, 3.05) is 39.6 Å². The normalized spacial score (nSPS) is 10.9. The maximum Gasteiger partial charge on any atom is 0.344 e. The average molecular weight is 673 g/mol. The van der Waals surface area contributed by atoms with Crippen LogP contribution in [0.5, 0.6) is 11.5 Å². The molecule has 0 fully saturated rings. The molecule has 0 unspecified atom stereocenters. The van der Waals surface area contributed by atoms with Gasteiger partial charge in [-0.05, 0) is 85.8 Å². The Morgan fingerprint density at radius 2 is 1.04 bits per heavy atom. The van der Waals surface area contributed by atoms with Gasteiger partial charge in [0.1, 0.15) is 12.4 Å². The summed E-state index contributed by atoms with van der Waals surface area (Å²) >= 11 is 0. The Labute approximate surface area is 284 Å². The van der Waals surface area contributed by atoms with Gasteiger partial charge in [0.15, 0.2) is 5.75 Å². The third kappa shape index (κ3) is 12.2. The van der Waals surface area contributed by atoms with Crippen molar-refractivity contribution in [3.63, 3.8) is 0 Å². The molecule has 0 saturated heterocycles. The van der Waals surface area contributed by atoms with Crippen LogP contribution in [0, 0.1) is 13.8 Å². The van der Waals surface area contributed by atoms with Gasteiger partial charge in [-0.2, -0.15) is 4.89 Å². The standard InChI is InChI=1S/C38H40O11/c1-26-3-13-33(36(39)40)30(23-26)25-47-49-32-11-7-29(8-12-32)16-18-45-20-22-46-21-19-44-17-15-28-5-9-31(10-6-28)48-38(43)35-24-27(2)4-14-34(35)37(41)42/h3-14,23-24H,15-22,25H2,1-2H3,(H,39,40)(H,41,42). The minimum absolute atomic E-state index is 0.00979. The number of carbonyl (C=O) groups excluding carboxylic acids is 1. The van der Waals surface area contributed by atoms with E-state index in [-0.39, 0.29) is 23.3 Å². The molecular formula is C38H40O11. The number of aromatic carboxylic acids is 2. The molecular weight excluding hydrogens is 632 g/mol. The lowest BCUT2D eigenvalue weighted by Crippen LogP contribution is -2.14. The summed E-state index contributed by atoms with van der Waals surface area (Å²) in [6.07, 6.45) is 1.39. The van der Waals surface area contributed by atoms with E-state index in [1.807, 2.05) is 31.2 Å². The molecule has 11 heteroatoms. The summed E-state index contributed by atoms with van der Waals surface area (Å²) in [6.45, 7) is 6.52. The first-order valence-corrected chi connectivity index (χ1v) is 15.8. The van der Waals surface area contributed by atoms with Crippen LogP contribution >= 0.6 is 0 Å². The third-order valence-electron chi connectivity index (χ3n) is 7.36. The largest absolute Gasteiger partial charge is 0.478 e. The van der Waals surface area contributed by atoms with Crippen LogP contribution < -0.4 is 9.62 Å². The number of carbonyl (C=O) groups is 3. The summed E-state index contributed by atoms with van der Waals surface area (Å²) in [6, 6.07) is 24.0. The molecule has 0 atom stereocenters. The van der Waals surface area contributed by atoms with Gasteiger partial charge in [-0.1, -0.05) is 53.6 Å². The Morgan fingerprint density at radius 1 is 0.551 bits per heavy atom. The summed E-state index contributed by atoms with van der Waals surface area (Å²) in [4.78, 5) is 46.0. The Bertz CT molecular complexity index is 1680. The van der Waals surface area contributed by atoms with Gasteiger partial charge in [0, 0.05) is 0 Å². The predicted molar refractivity (Wildman–Crippen MR) is 179 cm³/mol. The van der Waals surface area contributed by atoms with E-state index in [2.05, 4.69) is 0 Å². The lowest BCUT2D eigenvalue weighted by molar-refractivity contribution is -0.217. The minimum Gasteiger partial charge on any atom is -0.478 e. The van der Waals surface area contributed by atoms with Crippen molar-refractivity contribution >= 4 is 17.9 Å². The number of aryl methyl sites for hydroxylation is 2. The highest BCUT2D eigenvalue weighted by Gasteiger charge is 2.18. The highest BCUT2D eigenvalue weighted by atomic mass is 17.2. The van der Waals surface area contributed by atoms with Crippen molar-refractivity contribution < 1.29 is 53.3 Å². The van der Waals surface area contributed by atoms with Crippen molar-refractivity contribution in [2.24, 2.45) is 0 Å². The second-order valence-electron chi connectivity index (χ2n) is 11.2.